The van der Waals surface area contributed by atoms with Crippen molar-refractivity contribution in [2.24, 2.45) is 0 Å². The number of amides is 1. The van der Waals surface area contributed by atoms with E-state index < -0.39 is 0 Å². The van der Waals surface area contributed by atoms with Crippen molar-refractivity contribution in [2.45, 2.75) is 27.3 Å². The van der Waals surface area contributed by atoms with Gasteiger partial charge in [0.15, 0.2) is 5.78 Å². The number of rotatable bonds is 5. The van der Waals surface area contributed by atoms with Gasteiger partial charge in [0.05, 0.1) is 7.11 Å². The average molecular weight is 314 g/mol. The van der Waals surface area contributed by atoms with Gasteiger partial charge >= 0.3 is 0 Å². The van der Waals surface area contributed by atoms with Crippen LogP contribution < -0.4 is 4.74 Å². The van der Waals surface area contributed by atoms with E-state index in [2.05, 4.69) is 4.98 Å². The molecular weight excluding hydrogens is 292 g/mol. The number of hydrogen-bond acceptors (Lipinski definition) is 3. The van der Waals surface area contributed by atoms with Gasteiger partial charge in [-0.05, 0) is 43.5 Å². The number of benzene rings is 1. The first-order chi connectivity index (χ1) is 10.8. The van der Waals surface area contributed by atoms with E-state index in [0.717, 1.165) is 22.4 Å². The van der Waals surface area contributed by atoms with Crippen LogP contribution in [0.5, 0.6) is 5.75 Å². The molecule has 0 aliphatic carbocycles. The number of methoxy groups -OCH3 is 1. The zero-order valence-electron chi connectivity index (χ0n) is 14.2. The highest BCUT2D eigenvalue weighted by Crippen LogP contribution is 2.25. The summed E-state index contributed by atoms with van der Waals surface area (Å²) in [6.07, 6.45) is 1.56. The van der Waals surface area contributed by atoms with Crippen LogP contribution in [0.15, 0.2) is 24.4 Å². The van der Waals surface area contributed by atoms with Crippen molar-refractivity contribution in [3.05, 3.63) is 52.3 Å². The van der Waals surface area contributed by atoms with E-state index in [4.69, 9.17) is 4.74 Å². The van der Waals surface area contributed by atoms with E-state index in [-0.39, 0.29) is 11.7 Å². The Kier molecular flexibility index (Phi) is 4.89. The fourth-order valence-corrected chi connectivity index (χ4v) is 2.73. The molecule has 2 aromatic rings. The maximum atomic E-state index is 12.4. The highest BCUT2D eigenvalue weighted by Gasteiger charge is 2.16. The van der Waals surface area contributed by atoms with Crippen LogP contribution >= 0.6 is 0 Å². The molecule has 1 amide bonds. The molecular formula is C18H22N2O3. The van der Waals surface area contributed by atoms with Gasteiger partial charge in [-0.2, -0.15) is 0 Å². The molecule has 0 spiro atoms. The van der Waals surface area contributed by atoms with Crippen LogP contribution in [0.25, 0.3) is 0 Å². The van der Waals surface area contributed by atoms with Crippen LogP contribution in [0.4, 0.5) is 0 Å². The maximum absolute atomic E-state index is 12.4. The number of H-pyrrole nitrogens is 1. The molecule has 0 atom stereocenters. The Morgan fingerprint density at radius 1 is 1.17 bits per heavy atom. The minimum absolute atomic E-state index is 0.0654. The zero-order valence-corrected chi connectivity index (χ0v) is 14.2. The second-order valence-electron chi connectivity index (χ2n) is 5.78. The number of Topliss-reactive ketones (excluding diaryl/α,β-unsaturated/α-hetero) is 1. The Morgan fingerprint density at radius 2 is 1.78 bits per heavy atom. The number of nitrogens with one attached hydrogen (secondary N) is 1. The minimum atomic E-state index is -0.149. The number of carbonyl (C=O) groups excluding carboxylic acids is 2. The summed E-state index contributed by atoms with van der Waals surface area (Å²) in [4.78, 5) is 28.2. The Morgan fingerprint density at radius 3 is 2.26 bits per heavy atom. The lowest BCUT2D eigenvalue weighted by Gasteiger charge is -2.18. The van der Waals surface area contributed by atoms with Gasteiger partial charge in [0.1, 0.15) is 11.4 Å². The smallest absolute Gasteiger partial charge is 0.270 e. The Balaban J connectivity index is 2.16. The van der Waals surface area contributed by atoms with Crippen molar-refractivity contribution in [2.75, 3.05) is 14.2 Å². The molecule has 0 fully saturated rings. The molecule has 1 heterocycles. The molecule has 0 bridgehead atoms. The predicted molar refractivity (Wildman–Crippen MR) is 89.1 cm³/mol. The maximum Gasteiger partial charge on any atom is 0.270 e. The molecule has 1 aromatic heterocycles. The molecule has 0 unspecified atom stereocenters. The van der Waals surface area contributed by atoms with Gasteiger partial charge in [-0.25, -0.2) is 0 Å². The number of nitrogens with zero attached hydrogens (tertiary/aromatic N) is 1. The summed E-state index contributed by atoms with van der Waals surface area (Å²) in [5, 5.41) is 0. The number of hydrogen-bond donors (Lipinski definition) is 1. The van der Waals surface area contributed by atoms with Gasteiger partial charge in [-0.1, -0.05) is 12.1 Å². The van der Waals surface area contributed by atoms with E-state index in [9.17, 15) is 9.59 Å². The molecule has 2 rings (SSSR count). The van der Waals surface area contributed by atoms with Gasteiger partial charge in [0, 0.05) is 25.4 Å². The summed E-state index contributed by atoms with van der Waals surface area (Å²) >= 11 is 0. The number of carbonyl (C=O) groups is 2. The second-order valence-corrected chi connectivity index (χ2v) is 5.78. The predicted octanol–water partition coefficient (Wildman–Crippen LogP) is 3.11. The van der Waals surface area contributed by atoms with Crippen molar-refractivity contribution in [1.29, 1.82) is 0 Å². The summed E-state index contributed by atoms with van der Waals surface area (Å²) < 4.78 is 5.36. The van der Waals surface area contributed by atoms with Crippen LogP contribution in [-0.4, -0.2) is 35.7 Å². The highest BCUT2D eigenvalue weighted by atomic mass is 16.5. The highest BCUT2D eigenvalue weighted by molar-refractivity contribution is 5.98. The average Bonchev–Trinajstić information content (AvgIpc) is 2.96. The zero-order chi connectivity index (χ0) is 17.1. The van der Waals surface area contributed by atoms with Crippen LogP contribution in [0.1, 0.15) is 44.5 Å². The summed E-state index contributed by atoms with van der Waals surface area (Å²) in [7, 11) is 3.40. The number of aromatic amines is 1. The van der Waals surface area contributed by atoms with E-state index in [1.165, 1.54) is 6.92 Å². The van der Waals surface area contributed by atoms with Gasteiger partial charge in [0.2, 0.25) is 0 Å². The quantitative estimate of drug-likeness (QED) is 0.863. The third-order valence-corrected chi connectivity index (χ3v) is 3.81. The van der Waals surface area contributed by atoms with Crippen LogP contribution in [0, 0.1) is 13.8 Å². The summed E-state index contributed by atoms with van der Waals surface area (Å²) in [5.74, 6) is 0.658. The van der Waals surface area contributed by atoms with E-state index >= 15 is 0 Å². The molecule has 5 heteroatoms. The number of aryl methyl sites for hydroxylation is 2. The molecule has 0 radical (unpaired) electrons. The van der Waals surface area contributed by atoms with Crippen LogP contribution in [-0.2, 0) is 6.54 Å². The molecule has 0 saturated heterocycles. The van der Waals surface area contributed by atoms with E-state index in [1.54, 1.807) is 31.3 Å². The molecule has 5 nitrogen and oxygen atoms in total. The third-order valence-electron chi connectivity index (χ3n) is 3.81. The summed E-state index contributed by atoms with van der Waals surface area (Å²) in [6, 6.07) is 5.63. The number of ether oxygens (including phenoxy) is 1. The van der Waals surface area contributed by atoms with Crippen LogP contribution in [0.2, 0.25) is 0 Å². The topological polar surface area (TPSA) is 62.4 Å². The van der Waals surface area contributed by atoms with Gasteiger partial charge in [0.25, 0.3) is 5.91 Å². The fraction of sp³-hybridized carbons (Fsp3) is 0.333. The van der Waals surface area contributed by atoms with Gasteiger partial charge in [-0.15, -0.1) is 0 Å². The summed E-state index contributed by atoms with van der Waals surface area (Å²) in [5.41, 5.74) is 4.05. The number of ketones is 1. The van der Waals surface area contributed by atoms with E-state index in [0.29, 0.717) is 17.8 Å². The SMILES string of the molecule is COc1c(C)cc(CN(C)C(=O)c2cc(C(C)=O)c[nH]2)cc1C. The van der Waals surface area contributed by atoms with Crippen LogP contribution in [0.3, 0.4) is 0 Å². The first kappa shape index (κ1) is 16.8. The first-order valence-corrected chi connectivity index (χ1v) is 7.42. The first-order valence-electron chi connectivity index (χ1n) is 7.42. The monoisotopic (exact) mass is 314 g/mol. The lowest BCUT2D eigenvalue weighted by Crippen LogP contribution is -2.26. The molecule has 0 aliphatic rings. The Bertz CT molecular complexity index is 723. The van der Waals surface area contributed by atoms with Gasteiger partial charge in [-0.3, -0.25) is 9.59 Å². The van der Waals surface area contributed by atoms with Gasteiger partial charge < -0.3 is 14.6 Å². The Labute approximate surface area is 136 Å². The largest absolute Gasteiger partial charge is 0.496 e. The van der Waals surface area contributed by atoms with Crippen molar-refractivity contribution >= 4 is 11.7 Å². The Hall–Kier alpha value is -2.56. The molecule has 23 heavy (non-hydrogen) atoms. The molecule has 0 saturated carbocycles. The molecule has 1 N–H and O–H groups in total. The lowest BCUT2D eigenvalue weighted by atomic mass is 10.1. The van der Waals surface area contributed by atoms with Crippen molar-refractivity contribution < 1.29 is 14.3 Å². The fourth-order valence-electron chi connectivity index (χ4n) is 2.73. The molecule has 0 aliphatic heterocycles. The van der Waals surface area contributed by atoms with Crippen molar-refractivity contribution in [1.82, 2.24) is 9.88 Å². The van der Waals surface area contributed by atoms with Crippen molar-refractivity contribution in [3.8, 4) is 5.75 Å². The normalized spacial score (nSPS) is 10.5. The van der Waals surface area contributed by atoms with Crippen molar-refractivity contribution in [3.63, 3.8) is 0 Å². The number of aromatic nitrogens is 1. The molecule has 1 aromatic carbocycles. The minimum Gasteiger partial charge on any atom is -0.496 e. The summed E-state index contributed by atoms with van der Waals surface area (Å²) in [6.45, 7) is 5.94. The lowest BCUT2D eigenvalue weighted by molar-refractivity contribution is 0.0780. The van der Waals surface area contributed by atoms with E-state index in [1.807, 2.05) is 26.0 Å². The standard InChI is InChI=1S/C18H22N2O3/c1-11-6-14(7-12(2)17(11)23-5)10-20(4)18(22)16-8-15(9-19-16)13(3)21/h6-9,19H,10H2,1-5H3. The second kappa shape index (κ2) is 6.69. The third kappa shape index (κ3) is 3.62. The molecule has 122 valence electrons.